The van der Waals surface area contributed by atoms with Gasteiger partial charge in [-0.3, -0.25) is 4.79 Å². The van der Waals surface area contributed by atoms with Crippen molar-refractivity contribution < 1.29 is 19.4 Å². The molecule has 20 heavy (non-hydrogen) atoms. The molecule has 0 aromatic rings. The van der Waals surface area contributed by atoms with Crippen LogP contribution in [0, 0.1) is 11.8 Å². The van der Waals surface area contributed by atoms with Gasteiger partial charge in [0.15, 0.2) is 0 Å². The molecule has 0 aromatic heterocycles. The van der Waals surface area contributed by atoms with Crippen LogP contribution in [0.25, 0.3) is 0 Å². The van der Waals surface area contributed by atoms with Crippen LogP contribution in [-0.4, -0.2) is 54.4 Å². The number of carboxylic acids is 1. The Morgan fingerprint density at radius 2 is 2.25 bits per heavy atom. The summed E-state index contributed by atoms with van der Waals surface area (Å²) >= 11 is 0. The molecule has 2 fully saturated rings. The van der Waals surface area contributed by atoms with Crippen molar-refractivity contribution in [3.8, 4) is 0 Å². The highest BCUT2D eigenvalue weighted by Gasteiger charge is 2.29. The van der Waals surface area contributed by atoms with Gasteiger partial charge in [0.1, 0.15) is 0 Å². The Labute approximate surface area is 119 Å². The van der Waals surface area contributed by atoms with Gasteiger partial charge in [0.25, 0.3) is 0 Å². The number of hydrogen-bond acceptors (Lipinski definition) is 3. The average Bonchev–Trinajstić information content (AvgIpc) is 2.91. The molecule has 114 valence electrons. The van der Waals surface area contributed by atoms with Gasteiger partial charge in [-0.2, -0.15) is 0 Å². The number of carbonyl (C=O) groups is 2. The fraction of sp³-hybridized carbons (Fsp3) is 0.857. The van der Waals surface area contributed by atoms with E-state index in [9.17, 15) is 9.59 Å². The van der Waals surface area contributed by atoms with Gasteiger partial charge in [0.2, 0.25) is 0 Å². The SMILES string of the molecule is CC(CC(=O)O)C1CCCN(C(=O)NC2CCOC2)C1. The van der Waals surface area contributed by atoms with E-state index in [0.717, 1.165) is 25.8 Å². The molecule has 0 spiro atoms. The van der Waals surface area contributed by atoms with E-state index in [1.165, 1.54) is 0 Å². The van der Waals surface area contributed by atoms with Gasteiger partial charge in [-0.1, -0.05) is 6.92 Å². The van der Waals surface area contributed by atoms with Crippen LogP contribution in [0.15, 0.2) is 0 Å². The summed E-state index contributed by atoms with van der Waals surface area (Å²) in [7, 11) is 0. The summed E-state index contributed by atoms with van der Waals surface area (Å²) in [5.41, 5.74) is 0. The van der Waals surface area contributed by atoms with Gasteiger partial charge in [-0.05, 0) is 31.1 Å². The summed E-state index contributed by atoms with van der Waals surface area (Å²) in [5.74, 6) is -0.370. The highest BCUT2D eigenvalue weighted by Crippen LogP contribution is 2.26. The number of nitrogens with one attached hydrogen (secondary N) is 1. The molecule has 0 bridgehead atoms. The molecular weight excluding hydrogens is 260 g/mol. The van der Waals surface area contributed by atoms with Gasteiger partial charge < -0.3 is 20.1 Å². The Kier molecular flexibility index (Phi) is 5.23. The van der Waals surface area contributed by atoms with Crippen LogP contribution in [0.3, 0.4) is 0 Å². The number of piperidine rings is 1. The maximum Gasteiger partial charge on any atom is 0.317 e. The molecule has 2 aliphatic heterocycles. The van der Waals surface area contributed by atoms with Crippen molar-refractivity contribution in [2.75, 3.05) is 26.3 Å². The number of likely N-dealkylation sites (tertiary alicyclic amines) is 1. The van der Waals surface area contributed by atoms with Crippen molar-refractivity contribution in [1.82, 2.24) is 10.2 Å². The number of aliphatic carboxylic acids is 1. The second-order valence-electron chi connectivity index (χ2n) is 5.93. The lowest BCUT2D eigenvalue weighted by atomic mass is 9.85. The van der Waals surface area contributed by atoms with Crippen LogP contribution in [0.5, 0.6) is 0 Å². The average molecular weight is 284 g/mol. The first-order chi connectivity index (χ1) is 9.56. The van der Waals surface area contributed by atoms with Crippen LogP contribution in [0.4, 0.5) is 4.79 Å². The van der Waals surface area contributed by atoms with Gasteiger partial charge in [0, 0.05) is 26.1 Å². The van der Waals surface area contributed by atoms with Gasteiger partial charge in [-0.15, -0.1) is 0 Å². The van der Waals surface area contributed by atoms with Crippen LogP contribution in [-0.2, 0) is 9.53 Å². The third kappa shape index (κ3) is 4.10. The van der Waals surface area contributed by atoms with Crippen molar-refractivity contribution in [1.29, 1.82) is 0 Å². The van der Waals surface area contributed by atoms with E-state index < -0.39 is 5.97 Å². The summed E-state index contributed by atoms with van der Waals surface area (Å²) in [6.45, 7) is 4.69. The summed E-state index contributed by atoms with van der Waals surface area (Å²) < 4.78 is 5.25. The van der Waals surface area contributed by atoms with Crippen molar-refractivity contribution in [3.63, 3.8) is 0 Å². The van der Waals surface area contributed by atoms with Gasteiger partial charge >= 0.3 is 12.0 Å². The molecular formula is C14H24N2O4. The van der Waals surface area contributed by atoms with E-state index in [-0.39, 0.29) is 30.3 Å². The monoisotopic (exact) mass is 284 g/mol. The number of carboxylic acid groups (broad SMARTS) is 1. The lowest BCUT2D eigenvalue weighted by Crippen LogP contribution is -2.49. The maximum absolute atomic E-state index is 12.2. The minimum absolute atomic E-state index is 0.0345. The number of carbonyl (C=O) groups excluding carboxylic acids is 1. The minimum atomic E-state index is -0.762. The van der Waals surface area contributed by atoms with Crippen molar-refractivity contribution >= 4 is 12.0 Å². The molecule has 2 aliphatic rings. The topological polar surface area (TPSA) is 78.9 Å². The number of ether oxygens (including phenoxy) is 1. The number of rotatable bonds is 4. The largest absolute Gasteiger partial charge is 0.481 e. The zero-order valence-electron chi connectivity index (χ0n) is 12.0. The lowest BCUT2D eigenvalue weighted by Gasteiger charge is -2.36. The Bertz CT molecular complexity index is 355. The second-order valence-corrected chi connectivity index (χ2v) is 5.93. The predicted molar refractivity (Wildman–Crippen MR) is 73.5 cm³/mol. The molecule has 2 amide bonds. The smallest absolute Gasteiger partial charge is 0.317 e. The molecule has 2 rings (SSSR count). The number of urea groups is 1. The normalized spacial score (nSPS) is 28.1. The van der Waals surface area contributed by atoms with Crippen LogP contribution in [0.2, 0.25) is 0 Å². The highest BCUT2D eigenvalue weighted by atomic mass is 16.5. The van der Waals surface area contributed by atoms with E-state index in [1.54, 1.807) is 0 Å². The Hall–Kier alpha value is -1.30. The molecule has 2 saturated heterocycles. The van der Waals surface area contributed by atoms with Crippen molar-refractivity contribution in [2.45, 2.75) is 38.6 Å². The van der Waals surface area contributed by atoms with E-state index >= 15 is 0 Å². The molecule has 2 heterocycles. The molecule has 0 aromatic carbocycles. The van der Waals surface area contributed by atoms with E-state index in [2.05, 4.69) is 5.32 Å². The summed E-state index contributed by atoms with van der Waals surface area (Å²) in [6, 6.07) is 0.0899. The maximum atomic E-state index is 12.2. The number of amides is 2. The fourth-order valence-electron chi connectivity index (χ4n) is 3.02. The van der Waals surface area contributed by atoms with Crippen LogP contribution in [0.1, 0.15) is 32.6 Å². The summed E-state index contributed by atoms with van der Waals surface area (Å²) in [6.07, 6.45) is 3.00. The molecule has 0 saturated carbocycles. The minimum Gasteiger partial charge on any atom is -0.481 e. The zero-order valence-corrected chi connectivity index (χ0v) is 12.0. The molecule has 3 atom stereocenters. The fourth-order valence-corrected chi connectivity index (χ4v) is 3.02. The molecule has 0 radical (unpaired) electrons. The summed E-state index contributed by atoms with van der Waals surface area (Å²) in [5, 5.41) is 11.9. The molecule has 6 heteroatoms. The summed E-state index contributed by atoms with van der Waals surface area (Å²) in [4.78, 5) is 24.8. The Morgan fingerprint density at radius 1 is 1.45 bits per heavy atom. The van der Waals surface area contributed by atoms with Gasteiger partial charge in [0.05, 0.1) is 12.6 Å². The number of nitrogens with zero attached hydrogens (tertiary/aromatic N) is 1. The molecule has 3 unspecified atom stereocenters. The van der Waals surface area contributed by atoms with Gasteiger partial charge in [-0.25, -0.2) is 4.79 Å². The van der Waals surface area contributed by atoms with Crippen LogP contribution < -0.4 is 5.32 Å². The molecule has 0 aliphatic carbocycles. The van der Waals surface area contributed by atoms with Crippen molar-refractivity contribution in [3.05, 3.63) is 0 Å². The van der Waals surface area contributed by atoms with Crippen LogP contribution >= 0.6 is 0 Å². The highest BCUT2D eigenvalue weighted by molar-refractivity contribution is 5.74. The first-order valence-electron chi connectivity index (χ1n) is 7.41. The Balaban J connectivity index is 1.82. The van der Waals surface area contributed by atoms with E-state index in [0.29, 0.717) is 19.8 Å². The van der Waals surface area contributed by atoms with E-state index in [4.69, 9.17) is 9.84 Å². The molecule has 6 nitrogen and oxygen atoms in total. The van der Waals surface area contributed by atoms with Crippen molar-refractivity contribution in [2.24, 2.45) is 11.8 Å². The molecule has 2 N–H and O–H groups in total. The first-order valence-corrected chi connectivity index (χ1v) is 7.41. The quantitative estimate of drug-likeness (QED) is 0.816. The Morgan fingerprint density at radius 3 is 2.90 bits per heavy atom. The lowest BCUT2D eigenvalue weighted by molar-refractivity contribution is -0.138. The first kappa shape index (κ1) is 15.1. The second kappa shape index (κ2) is 6.92. The third-order valence-corrected chi connectivity index (χ3v) is 4.30. The third-order valence-electron chi connectivity index (χ3n) is 4.30. The standard InChI is InChI=1S/C14H24N2O4/c1-10(7-13(17)18)11-3-2-5-16(8-11)14(19)15-12-4-6-20-9-12/h10-12H,2-9H2,1H3,(H,15,19)(H,17,18). The van der Waals surface area contributed by atoms with E-state index in [1.807, 2.05) is 11.8 Å². The number of hydrogen-bond donors (Lipinski definition) is 2. The predicted octanol–water partition coefficient (Wildman–Crippen LogP) is 1.31. The zero-order chi connectivity index (χ0) is 14.5.